The molecule has 0 spiro atoms. The van der Waals surface area contributed by atoms with Crippen molar-refractivity contribution in [2.24, 2.45) is 0 Å². The first-order chi connectivity index (χ1) is 18.5. The van der Waals surface area contributed by atoms with Gasteiger partial charge in [-0.05, 0) is 61.2 Å². The fourth-order valence-electron chi connectivity index (χ4n) is 4.39. The van der Waals surface area contributed by atoms with E-state index in [9.17, 15) is 4.79 Å². The summed E-state index contributed by atoms with van der Waals surface area (Å²) in [5, 5.41) is 11.8. The van der Waals surface area contributed by atoms with Crippen molar-refractivity contribution in [3.8, 4) is 5.75 Å². The van der Waals surface area contributed by atoms with Gasteiger partial charge in [0.15, 0.2) is 0 Å². The third-order valence-electron chi connectivity index (χ3n) is 6.40. The molecule has 38 heavy (non-hydrogen) atoms. The van der Waals surface area contributed by atoms with Crippen LogP contribution in [0.1, 0.15) is 43.0 Å². The molecule has 0 saturated carbocycles. The number of rotatable bonds is 9. The van der Waals surface area contributed by atoms with Crippen LogP contribution in [0.25, 0.3) is 0 Å². The lowest BCUT2D eigenvalue weighted by Crippen LogP contribution is -2.31. The summed E-state index contributed by atoms with van der Waals surface area (Å²) in [4.78, 5) is 18.3. The van der Waals surface area contributed by atoms with E-state index >= 15 is 0 Å². The molecule has 4 aromatic rings. The van der Waals surface area contributed by atoms with Crippen molar-refractivity contribution in [3.05, 3.63) is 107 Å². The number of anilines is 2. The lowest BCUT2D eigenvalue weighted by Gasteiger charge is -2.28. The van der Waals surface area contributed by atoms with Crippen molar-refractivity contribution in [3.63, 3.8) is 0 Å². The number of hydrogen-bond acceptors (Lipinski definition) is 6. The molecule has 0 radical (unpaired) electrons. The summed E-state index contributed by atoms with van der Waals surface area (Å²) >= 11 is 1.61. The minimum atomic E-state index is -0.441. The molecule has 194 valence electrons. The molecule has 0 saturated heterocycles. The van der Waals surface area contributed by atoms with Gasteiger partial charge in [-0.3, -0.25) is 4.79 Å². The van der Waals surface area contributed by atoms with Crippen molar-refractivity contribution in [1.82, 2.24) is 14.8 Å². The molecular weight excluding hydrogens is 494 g/mol. The van der Waals surface area contributed by atoms with E-state index in [4.69, 9.17) is 14.8 Å². The number of allylic oxidation sites excluding steroid dienone is 1. The quantitative estimate of drug-likeness (QED) is 0.240. The highest BCUT2D eigenvalue weighted by molar-refractivity contribution is 7.99. The largest absolute Gasteiger partial charge is 0.489 e. The topological polar surface area (TPSA) is 81.1 Å². The molecule has 8 heteroatoms. The summed E-state index contributed by atoms with van der Waals surface area (Å²) < 4.78 is 7.88. The molecule has 7 nitrogen and oxygen atoms in total. The first-order valence-corrected chi connectivity index (χ1v) is 13.7. The van der Waals surface area contributed by atoms with Gasteiger partial charge in [-0.15, -0.1) is 5.10 Å². The normalized spacial score (nSPS) is 14.6. The second kappa shape index (κ2) is 11.6. The van der Waals surface area contributed by atoms with Gasteiger partial charge in [-0.2, -0.15) is 4.98 Å². The molecular formula is C30H31N5O2S. The number of carbonyl (C=O) groups excluding carboxylic acids is 1. The number of amides is 1. The summed E-state index contributed by atoms with van der Waals surface area (Å²) in [6.07, 6.45) is 1.03. The fraction of sp³-hybridized carbons (Fsp3) is 0.233. The van der Waals surface area contributed by atoms with E-state index in [1.54, 1.807) is 11.8 Å². The minimum Gasteiger partial charge on any atom is -0.489 e. The molecule has 0 fully saturated rings. The Labute approximate surface area is 227 Å². The Balaban J connectivity index is 1.45. The van der Waals surface area contributed by atoms with E-state index in [0.717, 1.165) is 40.4 Å². The Hall–Kier alpha value is -4.04. The molecule has 1 amide bonds. The maximum absolute atomic E-state index is 13.6. The number of hydrogen-bond donors (Lipinski definition) is 2. The van der Waals surface area contributed by atoms with Crippen LogP contribution in [0.4, 0.5) is 11.6 Å². The van der Waals surface area contributed by atoms with Crippen LogP contribution in [0, 0.1) is 6.92 Å². The number of carbonyl (C=O) groups is 1. The number of benzene rings is 3. The smallest absolute Gasteiger partial charge is 0.255 e. The minimum absolute atomic E-state index is 0.185. The van der Waals surface area contributed by atoms with Gasteiger partial charge in [-0.25, -0.2) is 4.68 Å². The summed E-state index contributed by atoms with van der Waals surface area (Å²) in [6.45, 7) is 6.61. The number of aryl methyl sites for hydroxylation is 1. The molecule has 0 aliphatic carbocycles. The van der Waals surface area contributed by atoms with Gasteiger partial charge >= 0.3 is 0 Å². The summed E-state index contributed by atoms with van der Waals surface area (Å²) in [5.74, 6) is 2.13. The van der Waals surface area contributed by atoms with Crippen LogP contribution in [0.2, 0.25) is 0 Å². The molecule has 1 aliphatic rings. The van der Waals surface area contributed by atoms with Gasteiger partial charge in [0, 0.05) is 17.1 Å². The van der Waals surface area contributed by atoms with Crippen molar-refractivity contribution in [2.75, 3.05) is 16.4 Å². The third-order valence-corrected chi connectivity index (χ3v) is 7.44. The Kier molecular flexibility index (Phi) is 7.79. The molecule has 5 rings (SSSR count). The van der Waals surface area contributed by atoms with Crippen LogP contribution in [0.15, 0.2) is 95.3 Å². The molecule has 2 N–H and O–H groups in total. The number of nitrogens with one attached hydrogen (secondary N) is 2. The monoisotopic (exact) mass is 525 g/mol. The highest BCUT2D eigenvalue weighted by atomic mass is 32.2. The van der Waals surface area contributed by atoms with Crippen LogP contribution in [0.5, 0.6) is 5.75 Å². The fourth-order valence-corrected chi connectivity index (χ4v) is 5.07. The average Bonchev–Trinajstić information content (AvgIpc) is 3.34. The average molecular weight is 526 g/mol. The van der Waals surface area contributed by atoms with Gasteiger partial charge in [-0.1, -0.05) is 73.3 Å². The Bertz CT molecular complexity index is 1450. The van der Waals surface area contributed by atoms with Crippen molar-refractivity contribution in [1.29, 1.82) is 0 Å². The van der Waals surface area contributed by atoms with Crippen LogP contribution in [-0.4, -0.2) is 26.4 Å². The molecule has 1 unspecified atom stereocenters. The summed E-state index contributed by atoms with van der Waals surface area (Å²) in [6, 6.07) is 25.1. The zero-order valence-electron chi connectivity index (χ0n) is 21.8. The second-order valence-electron chi connectivity index (χ2n) is 9.18. The Morgan fingerprint density at radius 2 is 1.76 bits per heavy atom. The number of ether oxygens (including phenoxy) is 1. The standard InChI is InChI=1S/C30H31N5O2S/c1-4-18-38-30-33-29-31-21(3)26(28(36)32-24-12-6-5-7-13-24)27(35(29)34-30)22-14-16-25(17-15-22)37-19-23-11-9-8-10-20(23)2/h5-17,27H,4,18-19H2,1-3H3,(H,32,36)(H,31,33,34). The zero-order valence-corrected chi connectivity index (χ0v) is 22.6. The first kappa shape index (κ1) is 25.6. The van der Waals surface area contributed by atoms with Crippen LogP contribution < -0.4 is 15.4 Å². The van der Waals surface area contributed by atoms with Gasteiger partial charge in [0.25, 0.3) is 5.91 Å². The molecule has 3 aromatic carbocycles. The summed E-state index contributed by atoms with van der Waals surface area (Å²) in [7, 11) is 0. The molecule has 1 aliphatic heterocycles. The third kappa shape index (κ3) is 5.60. The van der Waals surface area contributed by atoms with E-state index in [1.807, 2.05) is 78.3 Å². The number of aromatic nitrogens is 3. The first-order valence-electron chi connectivity index (χ1n) is 12.7. The number of para-hydroxylation sites is 1. The molecule has 2 heterocycles. The lowest BCUT2D eigenvalue weighted by molar-refractivity contribution is -0.113. The van der Waals surface area contributed by atoms with E-state index in [-0.39, 0.29) is 5.91 Å². The van der Waals surface area contributed by atoms with E-state index in [2.05, 4.69) is 36.6 Å². The molecule has 0 bridgehead atoms. The van der Waals surface area contributed by atoms with Crippen molar-refractivity contribution in [2.45, 2.75) is 45.0 Å². The predicted octanol–water partition coefficient (Wildman–Crippen LogP) is 6.60. The van der Waals surface area contributed by atoms with Gasteiger partial charge in [0.1, 0.15) is 18.4 Å². The van der Waals surface area contributed by atoms with Crippen LogP contribution in [-0.2, 0) is 11.4 Å². The van der Waals surface area contributed by atoms with Gasteiger partial charge in [0.2, 0.25) is 11.1 Å². The number of fused-ring (bicyclic) bond motifs is 1. The second-order valence-corrected chi connectivity index (χ2v) is 10.2. The SMILES string of the molecule is CCCSc1nc2n(n1)C(c1ccc(OCc3ccccc3C)cc1)C(C(=O)Nc1ccccc1)=C(C)N2. The molecule has 1 aromatic heterocycles. The zero-order chi connectivity index (χ0) is 26.5. The van der Waals surface area contributed by atoms with Gasteiger partial charge < -0.3 is 15.4 Å². The van der Waals surface area contributed by atoms with Crippen molar-refractivity contribution >= 4 is 29.3 Å². The maximum atomic E-state index is 13.6. The van der Waals surface area contributed by atoms with E-state index in [0.29, 0.717) is 23.3 Å². The highest BCUT2D eigenvalue weighted by Crippen LogP contribution is 2.37. The van der Waals surface area contributed by atoms with Crippen LogP contribution >= 0.6 is 11.8 Å². The predicted molar refractivity (Wildman–Crippen MR) is 153 cm³/mol. The lowest BCUT2D eigenvalue weighted by atomic mass is 9.95. The number of thioether (sulfide) groups is 1. The highest BCUT2D eigenvalue weighted by Gasteiger charge is 2.34. The Morgan fingerprint density at radius 3 is 2.50 bits per heavy atom. The van der Waals surface area contributed by atoms with Gasteiger partial charge in [0.05, 0.1) is 5.57 Å². The van der Waals surface area contributed by atoms with E-state index in [1.165, 1.54) is 5.56 Å². The number of nitrogens with zero attached hydrogens (tertiary/aromatic N) is 3. The Morgan fingerprint density at radius 1 is 1.03 bits per heavy atom. The maximum Gasteiger partial charge on any atom is 0.255 e. The van der Waals surface area contributed by atoms with Crippen molar-refractivity contribution < 1.29 is 9.53 Å². The van der Waals surface area contributed by atoms with Crippen LogP contribution in [0.3, 0.4) is 0 Å². The summed E-state index contributed by atoms with van der Waals surface area (Å²) in [5.41, 5.74) is 5.34. The molecule has 1 atom stereocenters. The van der Waals surface area contributed by atoms with E-state index < -0.39 is 6.04 Å².